The summed E-state index contributed by atoms with van der Waals surface area (Å²) in [6, 6.07) is 4.84. The van der Waals surface area contributed by atoms with Crippen molar-refractivity contribution in [1.29, 1.82) is 0 Å². The lowest BCUT2D eigenvalue weighted by molar-refractivity contribution is 0.164. The first-order chi connectivity index (χ1) is 6.57. The lowest BCUT2D eigenvalue weighted by atomic mass is 10.0. The summed E-state index contributed by atoms with van der Waals surface area (Å²) >= 11 is 6.03. The second kappa shape index (κ2) is 4.64. The number of methoxy groups -OCH3 is 1. The van der Waals surface area contributed by atoms with E-state index in [-0.39, 0.29) is 0 Å². The lowest BCUT2D eigenvalue weighted by Gasteiger charge is -2.17. The molecule has 0 aliphatic carbocycles. The highest BCUT2D eigenvalue weighted by Crippen LogP contribution is 2.31. The van der Waals surface area contributed by atoms with E-state index in [1.807, 2.05) is 0 Å². The van der Waals surface area contributed by atoms with Crippen LogP contribution < -0.4 is 10.5 Å². The molecule has 0 aliphatic rings. The van der Waals surface area contributed by atoms with Crippen molar-refractivity contribution in [3.05, 3.63) is 28.8 Å². The minimum absolute atomic E-state index is 0.461. The third-order valence-corrected chi connectivity index (χ3v) is 2.50. The van der Waals surface area contributed by atoms with Crippen molar-refractivity contribution in [3.63, 3.8) is 0 Å². The van der Waals surface area contributed by atoms with Gasteiger partial charge >= 0.3 is 0 Å². The first-order valence-corrected chi connectivity index (χ1v) is 4.71. The fourth-order valence-corrected chi connectivity index (χ4v) is 1.53. The molecule has 0 aliphatic heterocycles. The molecule has 0 bridgehead atoms. The van der Waals surface area contributed by atoms with Crippen molar-refractivity contribution in [1.82, 2.24) is 0 Å². The Labute approximate surface area is 88.4 Å². The zero-order valence-electron chi connectivity index (χ0n) is 8.20. The topological polar surface area (TPSA) is 55.5 Å². The molecule has 4 heteroatoms. The number of hydrogen-bond acceptors (Lipinski definition) is 3. The number of halogens is 1. The van der Waals surface area contributed by atoms with Gasteiger partial charge in [-0.1, -0.05) is 23.7 Å². The van der Waals surface area contributed by atoms with Gasteiger partial charge in [0.05, 0.1) is 24.3 Å². The number of rotatable bonds is 3. The van der Waals surface area contributed by atoms with Crippen molar-refractivity contribution in [2.75, 3.05) is 7.11 Å². The third-order valence-electron chi connectivity index (χ3n) is 2.09. The molecule has 1 aromatic carbocycles. The minimum atomic E-state index is -0.639. The Morgan fingerprint density at radius 2 is 2.14 bits per heavy atom. The predicted molar refractivity (Wildman–Crippen MR) is 56.6 cm³/mol. The van der Waals surface area contributed by atoms with Crippen LogP contribution in [0.1, 0.15) is 18.5 Å². The van der Waals surface area contributed by atoms with Gasteiger partial charge in [0.2, 0.25) is 0 Å². The molecule has 2 atom stereocenters. The molecule has 14 heavy (non-hydrogen) atoms. The first-order valence-electron chi connectivity index (χ1n) is 4.34. The molecular weight excluding hydrogens is 202 g/mol. The predicted octanol–water partition coefficient (Wildman–Crippen LogP) is 1.73. The Bertz CT molecular complexity index is 315. The second-order valence-corrected chi connectivity index (χ2v) is 3.51. The average Bonchev–Trinajstić information content (AvgIpc) is 2.17. The largest absolute Gasteiger partial charge is 0.495 e. The van der Waals surface area contributed by atoms with E-state index in [1.54, 1.807) is 32.2 Å². The molecule has 0 spiro atoms. The Balaban J connectivity index is 3.09. The minimum Gasteiger partial charge on any atom is -0.495 e. The van der Waals surface area contributed by atoms with Crippen molar-refractivity contribution in [2.45, 2.75) is 19.1 Å². The molecule has 0 unspecified atom stereocenters. The van der Waals surface area contributed by atoms with Gasteiger partial charge in [-0.25, -0.2) is 0 Å². The van der Waals surface area contributed by atoms with Crippen LogP contribution in [-0.2, 0) is 0 Å². The number of benzene rings is 1. The van der Waals surface area contributed by atoms with E-state index in [9.17, 15) is 5.11 Å². The van der Waals surface area contributed by atoms with Gasteiger partial charge < -0.3 is 15.6 Å². The summed E-state index contributed by atoms with van der Waals surface area (Å²) in [5, 5.41) is 9.80. The van der Waals surface area contributed by atoms with E-state index in [4.69, 9.17) is 22.1 Å². The summed E-state index contributed by atoms with van der Waals surface area (Å²) < 4.78 is 5.05. The fraction of sp³-hybridized carbons (Fsp3) is 0.400. The van der Waals surface area contributed by atoms with Gasteiger partial charge in [0, 0.05) is 0 Å². The number of aliphatic hydroxyl groups is 1. The maximum atomic E-state index is 9.34. The molecule has 0 saturated carbocycles. The second-order valence-electron chi connectivity index (χ2n) is 3.13. The quantitative estimate of drug-likeness (QED) is 0.808. The normalized spacial score (nSPS) is 14.9. The number of ether oxygens (including phenoxy) is 1. The molecule has 0 aromatic heterocycles. The molecule has 3 N–H and O–H groups in total. The van der Waals surface area contributed by atoms with Crippen LogP contribution in [0.3, 0.4) is 0 Å². The van der Waals surface area contributed by atoms with E-state index in [2.05, 4.69) is 0 Å². The summed E-state index contributed by atoms with van der Waals surface area (Å²) in [4.78, 5) is 0. The number of hydrogen-bond donors (Lipinski definition) is 2. The molecule has 0 amide bonds. The summed E-state index contributed by atoms with van der Waals surface area (Å²) in [6.45, 7) is 1.63. The van der Waals surface area contributed by atoms with Gasteiger partial charge in [-0.05, 0) is 18.6 Å². The van der Waals surface area contributed by atoms with Gasteiger partial charge in [0.1, 0.15) is 5.75 Å². The number of nitrogens with two attached hydrogens (primary N) is 1. The highest BCUT2D eigenvalue weighted by Gasteiger charge is 2.17. The van der Waals surface area contributed by atoms with Crippen molar-refractivity contribution in [3.8, 4) is 5.75 Å². The molecule has 0 heterocycles. The highest BCUT2D eigenvalue weighted by molar-refractivity contribution is 6.32. The van der Waals surface area contributed by atoms with Gasteiger partial charge in [0.25, 0.3) is 0 Å². The monoisotopic (exact) mass is 215 g/mol. The van der Waals surface area contributed by atoms with Crippen LogP contribution in [0.15, 0.2) is 18.2 Å². The number of aliphatic hydroxyl groups excluding tert-OH is 1. The Morgan fingerprint density at radius 1 is 1.50 bits per heavy atom. The van der Waals surface area contributed by atoms with Crippen molar-refractivity contribution in [2.24, 2.45) is 5.73 Å². The van der Waals surface area contributed by atoms with Crippen LogP contribution in [0.25, 0.3) is 0 Å². The van der Waals surface area contributed by atoms with Crippen LogP contribution in [0.5, 0.6) is 5.75 Å². The van der Waals surface area contributed by atoms with Gasteiger partial charge in [-0.15, -0.1) is 0 Å². The van der Waals surface area contributed by atoms with Crippen LogP contribution in [-0.4, -0.2) is 18.3 Å². The maximum Gasteiger partial charge on any atom is 0.137 e. The molecular formula is C10H14ClNO2. The maximum absolute atomic E-state index is 9.34. The molecule has 0 fully saturated rings. The standard InChI is InChI=1S/C10H14ClNO2/c1-6(13)10(12)7-4-3-5-8(14-2)9(7)11/h3-6,10,13H,12H2,1-2H3/t6-,10+/m1/s1. The molecule has 0 saturated heterocycles. The summed E-state index contributed by atoms with van der Waals surface area (Å²) in [6.07, 6.45) is -0.639. The Morgan fingerprint density at radius 3 is 2.64 bits per heavy atom. The van der Waals surface area contributed by atoms with Gasteiger partial charge in [-0.2, -0.15) is 0 Å². The summed E-state index contributed by atoms with van der Waals surface area (Å²) in [5.74, 6) is 0.570. The SMILES string of the molecule is COc1cccc([C@@H](N)[C@@H](C)O)c1Cl. The zero-order chi connectivity index (χ0) is 10.7. The van der Waals surface area contributed by atoms with E-state index in [1.165, 1.54) is 0 Å². The summed E-state index contributed by atoms with van der Waals surface area (Å²) in [7, 11) is 1.54. The molecule has 3 nitrogen and oxygen atoms in total. The highest BCUT2D eigenvalue weighted by atomic mass is 35.5. The van der Waals surface area contributed by atoms with Crippen LogP contribution in [0.2, 0.25) is 5.02 Å². The Kier molecular flexibility index (Phi) is 3.75. The van der Waals surface area contributed by atoms with E-state index < -0.39 is 12.1 Å². The van der Waals surface area contributed by atoms with Crippen LogP contribution >= 0.6 is 11.6 Å². The molecule has 78 valence electrons. The Hall–Kier alpha value is -0.770. The average molecular weight is 216 g/mol. The fourth-order valence-electron chi connectivity index (χ4n) is 1.20. The zero-order valence-corrected chi connectivity index (χ0v) is 8.95. The van der Waals surface area contributed by atoms with Gasteiger partial charge in [0.15, 0.2) is 0 Å². The van der Waals surface area contributed by atoms with Crippen molar-refractivity contribution >= 4 is 11.6 Å². The smallest absolute Gasteiger partial charge is 0.137 e. The van der Waals surface area contributed by atoms with E-state index in [0.717, 1.165) is 0 Å². The molecule has 1 rings (SSSR count). The van der Waals surface area contributed by atoms with E-state index >= 15 is 0 Å². The molecule has 1 aromatic rings. The first kappa shape index (κ1) is 11.3. The third kappa shape index (κ3) is 2.18. The van der Waals surface area contributed by atoms with E-state index in [0.29, 0.717) is 16.3 Å². The van der Waals surface area contributed by atoms with Gasteiger partial charge in [-0.3, -0.25) is 0 Å². The van der Waals surface area contributed by atoms with Crippen molar-refractivity contribution < 1.29 is 9.84 Å². The van der Waals surface area contributed by atoms with Crippen LogP contribution in [0, 0.1) is 0 Å². The van der Waals surface area contributed by atoms with Crippen LogP contribution in [0.4, 0.5) is 0 Å². The lowest BCUT2D eigenvalue weighted by Crippen LogP contribution is -2.23. The summed E-state index contributed by atoms with van der Waals surface area (Å²) in [5.41, 5.74) is 6.47. The molecule has 0 radical (unpaired) electrons.